The number of hydrogen-bond donors (Lipinski definition) is 0. The molecule has 1 heterocycles. The van der Waals surface area contributed by atoms with Crippen LogP contribution in [0.5, 0.6) is 0 Å². The number of aromatic nitrogens is 2. The zero-order valence-corrected chi connectivity index (χ0v) is 10.5. The standard InChI is InChI=1S/C13H15ClN2O/c1-2-11(14)13-15-12(17-16-13)9-8-10-6-4-3-5-7-10/h3-7,11H,2,8-9H2,1H3. The first-order chi connectivity index (χ1) is 8.29. The first kappa shape index (κ1) is 12.1. The van der Waals surface area contributed by atoms with E-state index in [0.29, 0.717) is 11.7 Å². The van der Waals surface area contributed by atoms with Gasteiger partial charge in [0.05, 0.1) is 5.38 Å². The summed E-state index contributed by atoms with van der Waals surface area (Å²) in [5.41, 5.74) is 1.27. The summed E-state index contributed by atoms with van der Waals surface area (Å²) < 4.78 is 5.16. The van der Waals surface area contributed by atoms with Gasteiger partial charge in [-0.05, 0) is 18.4 Å². The molecule has 0 aliphatic heterocycles. The highest BCUT2D eigenvalue weighted by atomic mass is 35.5. The minimum atomic E-state index is -0.149. The third kappa shape index (κ3) is 3.30. The van der Waals surface area contributed by atoms with E-state index in [1.807, 2.05) is 25.1 Å². The number of hydrogen-bond acceptors (Lipinski definition) is 3. The molecule has 0 fully saturated rings. The number of nitrogens with zero attached hydrogens (tertiary/aromatic N) is 2. The molecular weight excluding hydrogens is 236 g/mol. The van der Waals surface area contributed by atoms with Gasteiger partial charge in [-0.2, -0.15) is 4.98 Å². The van der Waals surface area contributed by atoms with Gasteiger partial charge in [0.2, 0.25) is 5.89 Å². The molecule has 4 heteroatoms. The van der Waals surface area contributed by atoms with Crippen LogP contribution in [0.1, 0.15) is 36.0 Å². The van der Waals surface area contributed by atoms with Gasteiger partial charge in [-0.15, -0.1) is 11.6 Å². The molecule has 0 amide bonds. The van der Waals surface area contributed by atoms with Crippen LogP contribution in [-0.2, 0) is 12.8 Å². The molecule has 17 heavy (non-hydrogen) atoms. The first-order valence-electron chi connectivity index (χ1n) is 5.80. The minimum Gasteiger partial charge on any atom is -0.339 e. The summed E-state index contributed by atoms with van der Waals surface area (Å²) in [5.74, 6) is 1.25. The molecule has 0 bridgehead atoms. The molecule has 1 unspecified atom stereocenters. The zero-order chi connectivity index (χ0) is 12.1. The third-order valence-corrected chi connectivity index (χ3v) is 3.10. The lowest BCUT2D eigenvalue weighted by Gasteiger charge is -1.97. The normalized spacial score (nSPS) is 12.6. The molecule has 1 atom stereocenters. The van der Waals surface area contributed by atoms with E-state index < -0.39 is 0 Å². The molecule has 90 valence electrons. The Balaban J connectivity index is 1.94. The Morgan fingerprint density at radius 1 is 1.24 bits per heavy atom. The Morgan fingerprint density at radius 3 is 2.71 bits per heavy atom. The maximum Gasteiger partial charge on any atom is 0.227 e. The fourth-order valence-electron chi connectivity index (χ4n) is 1.58. The minimum absolute atomic E-state index is 0.149. The van der Waals surface area contributed by atoms with Gasteiger partial charge < -0.3 is 4.52 Å². The van der Waals surface area contributed by atoms with E-state index >= 15 is 0 Å². The summed E-state index contributed by atoms with van der Waals surface area (Å²) in [6.07, 6.45) is 2.46. The monoisotopic (exact) mass is 250 g/mol. The van der Waals surface area contributed by atoms with Crippen LogP contribution in [0.15, 0.2) is 34.9 Å². The highest BCUT2D eigenvalue weighted by Crippen LogP contribution is 2.20. The second-order valence-electron chi connectivity index (χ2n) is 3.91. The van der Waals surface area contributed by atoms with Crippen molar-refractivity contribution in [1.82, 2.24) is 10.1 Å². The van der Waals surface area contributed by atoms with Gasteiger partial charge in [0.1, 0.15) is 0 Å². The van der Waals surface area contributed by atoms with Gasteiger partial charge in [0, 0.05) is 6.42 Å². The van der Waals surface area contributed by atoms with Gasteiger partial charge >= 0.3 is 0 Å². The van der Waals surface area contributed by atoms with Crippen molar-refractivity contribution < 1.29 is 4.52 Å². The summed E-state index contributed by atoms with van der Waals surface area (Å²) in [6, 6.07) is 10.2. The first-order valence-corrected chi connectivity index (χ1v) is 6.23. The van der Waals surface area contributed by atoms with Crippen LogP contribution in [-0.4, -0.2) is 10.1 Å². The highest BCUT2D eigenvalue weighted by Gasteiger charge is 2.13. The predicted molar refractivity (Wildman–Crippen MR) is 67.0 cm³/mol. The van der Waals surface area contributed by atoms with Crippen LogP contribution in [0.25, 0.3) is 0 Å². The van der Waals surface area contributed by atoms with Crippen molar-refractivity contribution in [2.24, 2.45) is 0 Å². The van der Waals surface area contributed by atoms with Gasteiger partial charge in [-0.25, -0.2) is 0 Å². The van der Waals surface area contributed by atoms with E-state index in [-0.39, 0.29) is 5.38 Å². The average molecular weight is 251 g/mol. The van der Waals surface area contributed by atoms with Crippen LogP contribution < -0.4 is 0 Å². The molecule has 0 spiro atoms. The molecule has 3 nitrogen and oxygen atoms in total. The van der Waals surface area contributed by atoms with Crippen molar-refractivity contribution in [2.75, 3.05) is 0 Å². The summed E-state index contributed by atoms with van der Waals surface area (Å²) in [7, 11) is 0. The molecular formula is C13H15ClN2O. The molecule has 0 saturated heterocycles. The lowest BCUT2D eigenvalue weighted by atomic mass is 10.1. The molecule has 2 rings (SSSR count). The summed E-state index contributed by atoms with van der Waals surface area (Å²) >= 11 is 6.04. The summed E-state index contributed by atoms with van der Waals surface area (Å²) in [4.78, 5) is 4.29. The Morgan fingerprint density at radius 2 is 2.00 bits per heavy atom. The predicted octanol–water partition coefficient (Wildman–Crippen LogP) is 3.54. The second kappa shape index (κ2) is 5.82. The van der Waals surface area contributed by atoms with Gasteiger partial charge in [-0.1, -0.05) is 42.4 Å². The molecule has 0 aliphatic carbocycles. The van der Waals surface area contributed by atoms with Crippen LogP contribution in [0.3, 0.4) is 0 Å². The third-order valence-electron chi connectivity index (χ3n) is 2.59. The lowest BCUT2D eigenvalue weighted by molar-refractivity contribution is 0.372. The van der Waals surface area contributed by atoms with Crippen molar-refractivity contribution in [3.05, 3.63) is 47.6 Å². The van der Waals surface area contributed by atoms with Crippen LogP contribution >= 0.6 is 11.6 Å². The number of halogens is 1. The molecule has 0 aliphatic rings. The van der Waals surface area contributed by atoms with Crippen molar-refractivity contribution in [3.63, 3.8) is 0 Å². The number of aryl methyl sites for hydroxylation is 2. The Hall–Kier alpha value is -1.35. The molecule has 1 aromatic carbocycles. The quantitative estimate of drug-likeness (QED) is 0.762. The van der Waals surface area contributed by atoms with Gasteiger partial charge in [0.15, 0.2) is 5.82 Å². The molecule has 0 radical (unpaired) electrons. The molecule has 0 N–H and O–H groups in total. The SMILES string of the molecule is CCC(Cl)c1noc(CCc2ccccc2)n1. The highest BCUT2D eigenvalue weighted by molar-refractivity contribution is 6.20. The van der Waals surface area contributed by atoms with Crippen LogP contribution in [0, 0.1) is 0 Å². The Kier molecular flexibility index (Phi) is 4.15. The fraction of sp³-hybridized carbons (Fsp3) is 0.385. The van der Waals surface area contributed by atoms with E-state index in [2.05, 4.69) is 22.3 Å². The molecule has 1 aromatic heterocycles. The van der Waals surface area contributed by atoms with E-state index in [4.69, 9.17) is 16.1 Å². The van der Waals surface area contributed by atoms with Crippen molar-refractivity contribution in [1.29, 1.82) is 0 Å². The zero-order valence-electron chi connectivity index (χ0n) is 9.77. The fourth-order valence-corrected chi connectivity index (χ4v) is 1.66. The lowest BCUT2D eigenvalue weighted by Crippen LogP contribution is -1.94. The largest absolute Gasteiger partial charge is 0.339 e. The molecule has 2 aromatic rings. The van der Waals surface area contributed by atoms with Crippen molar-refractivity contribution in [3.8, 4) is 0 Å². The maximum atomic E-state index is 6.04. The number of rotatable bonds is 5. The number of alkyl halides is 1. The van der Waals surface area contributed by atoms with E-state index in [1.165, 1.54) is 5.56 Å². The van der Waals surface area contributed by atoms with Crippen LogP contribution in [0.2, 0.25) is 0 Å². The van der Waals surface area contributed by atoms with Gasteiger partial charge in [0.25, 0.3) is 0 Å². The summed E-state index contributed by atoms with van der Waals surface area (Å²) in [6.45, 7) is 2.00. The Labute approximate surface area is 106 Å². The van der Waals surface area contributed by atoms with E-state index in [0.717, 1.165) is 19.3 Å². The van der Waals surface area contributed by atoms with Gasteiger partial charge in [-0.3, -0.25) is 0 Å². The van der Waals surface area contributed by atoms with Crippen molar-refractivity contribution >= 4 is 11.6 Å². The Bertz CT molecular complexity index is 455. The maximum absolute atomic E-state index is 6.04. The second-order valence-corrected chi connectivity index (χ2v) is 4.43. The average Bonchev–Trinajstić information content (AvgIpc) is 2.85. The van der Waals surface area contributed by atoms with Crippen LogP contribution in [0.4, 0.5) is 0 Å². The summed E-state index contributed by atoms with van der Waals surface area (Å²) in [5, 5.41) is 3.73. The molecule has 0 saturated carbocycles. The number of benzene rings is 1. The topological polar surface area (TPSA) is 38.9 Å². The van der Waals surface area contributed by atoms with Crippen molar-refractivity contribution in [2.45, 2.75) is 31.6 Å². The smallest absolute Gasteiger partial charge is 0.227 e. The van der Waals surface area contributed by atoms with E-state index in [1.54, 1.807) is 0 Å². The van der Waals surface area contributed by atoms with E-state index in [9.17, 15) is 0 Å².